The summed E-state index contributed by atoms with van der Waals surface area (Å²) in [6.07, 6.45) is 0. The molecule has 0 amide bonds. The Bertz CT molecular complexity index is 1060. The van der Waals surface area contributed by atoms with Crippen LogP contribution in [0.25, 0.3) is 11.0 Å². The normalized spacial score (nSPS) is 10.8. The fourth-order valence-corrected chi connectivity index (χ4v) is 2.03. The minimum absolute atomic E-state index is 0.0171. The zero-order chi connectivity index (χ0) is 17.1. The van der Waals surface area contributed by atoms with E-state index in [0.717, 1.165) is 0 Å². The van der Waals surface area contributed by atoms with Crippen molar-refractivity contribution in [2.75, 3.05) is 0 Å². The first-order valence-corrected chi connectivity index (χ1v) is 6.75. The van der Waals surface area contributed by atoms with Gasteiger partial charge in [-0.05, 0) is 36.4 Å². The summed E-state index contributed by atoms with van der Waals surface area (Å²) in [6.45, 7) is 0. The highest BCUT2D eigenvalue weighted by Crippen LogP contribution is 2.24. The molecule has 0 atom stereocenters. The molecule has 3 aromatic rings. The average molecular weight is 319 g/mol. The van der Waals surface area contributed by atoms with Gasteiger partial charge in [0.1, 0.15) is 17.2 Å². The first kappa shape index (κ1) is 15.1. The number of hydrogen-bond acceptors (Lipinski definition) is 7. The Balaban J connectivity index is 1.92. The van der Waals surface area contributed by atoms with Gasteiger partial charge in [-0.15, -0.1) is 0 Å². The van der Waals surface area contributed by atoms with Gasteiger partial charge in [-0.25, -0.2) is 0 Å². The molecule has 1 N–H and O–H groups in total. The van der Waals surface area contributed by atoms with Crippen LogP contribution in [0.2, 0.25) is 0 Å². The van der Waals surface area contributed by atoms with Crippen molar-refractivity contribution in [1.82, 2.24) is 0 Å². The third kappa shape index (κ3) is 3.00. The summed E-state index contributed by atoms with van der Waals surface area (Å²) < 4.78 is 5.25. The van der Waals surface area contributed by atoms with Gasteiger partial charge in [-0.3, -0.25) is 15.5 Å². The van der Waals surface area contributed by atoms with Crippen molar-refractivity contribution in [3.63, 3.8) is 0 Å². The zero-order valence-corrected chi connectivity index (χ0v) is 12.1. The first-order valence-electron chi connectivity index (χ1n) is 6.75. The number of hydrogen-bond donors (Lipinski definition) is 1. The van der Waals surface area contributed by atoms with Crippen LogP contribution in [0.3, 0.4) is 0 Å². The molecule has 0 bridgehead atoms. The minimum atomic E-state index is -0.485. The average Bonchev–Trinajstić information content (AvgIpc) is 2.59. The van der Waals surface area contributed by atoms with Crippen molar-refractivity contribution < 1.29 is 9.34 Å². The number of nitro groups is 1. The minimum Gasteiger partial charge on any atom is -0.438 e. The third-order valence-corrected chi connectivity index (χ3v) is 3.21. The first-order chi connectivity index (χ1) is 11.6. The standard InChI is InChI=1S/C16H9N5O3/c17-9-11-7-10-8-13(3-6-15(10)24-16(11)18)20-19-12-1-4-14(5-2-12)21(22)23/h1-8,18H. The van der Waals surface area contributed by atoms with Gasteiger partial charge >= 0.3 is 0 Å². The van der Waals surface area contributed by atoms with Gasteiger partial charge in [-0.1, -0.05) is 0 Å². The number of nitro benzene ring substituents is 1. The number of nitrogens with zero attached hydrogens (tertiary/aromatic N) is 4. The van der Waals surface area contributed by atoms with E-state index in [2.05, 4.69) is 10.2 Å². The molecule has 1 aromatic heterocycles. The molecule has 8 nitrogen and oxygen atoms in total. The van der Waals surface area contributed by atoms with Crippen molar-refractivity contribution >= 4 is 28.0 Å². The molecule has 3 rings (SSSR count). The lowest BCUT2D eigenvalue weighted by Gasteiger charge is -1.99. The highest BCUT2D eigenvalue weighted by atomic mass is 16.6. The van der Waals surface area contributed by atoms with Gasteiger partial charge in [0, 0.05) is 17.5 Å². The molecule has 2 aromatic carbocycles. The van der Waals surface area contributed by atoms with E-state index in [1.54, 1.807) is 24.3 Å². The summed E-state index contributed by atoms with van der Waals surface area (Å²) in [4.78, 5) is 10.1. The number of azo groups is 1. The summed E-state index contributed by atoms with van der Waals surface area (Å²) in [7, 11) is 0. The fourth-order valence-electron chi connectivity index (χ4n) is 2.03. The quantitative estimate of drug-likeness (QED) is 0.442. The van der Waals surface area contributed by atoms with Crippen LogP contribution in [0, 0.1) is 26.9 Å². The van der Waals surface area contributed by atoms with Gasteiger partial charge < -0.3 is 4.42 Å². The molecule has 8 heteroatoms. The lowest BCUT2D eigenvalue weighted by molar-refractivity contribution is -0.384. The van der Waals surface area contributed by atoms with E-state index in [0.29, 0.717) is 22.3 Å². The second-order valence-electron chi connectivity index (χ2n) is 4.80. The molecule has 0 aliphatic carbocycles. The van der Waals surface area contributed by atoms with Crippen LogP contribution < -0.4 is 5.55 Å². The molecule has 116 valence electrons. The largest absolute Gasteiger partial charge is 0.438 e. The number of rotatable bonds is 3. The second kappa shape index (κ2) is 6.10. The lowest BCUT2D eigenvalue weighted by atomic mass is 10.2. The maximum atomic E-state index is 10.6. The smallest absolute Gasteiger partial charge is 0.269 e. The SMILES string of the molecule is N#Cc1cc2cc(N=Nc3ccc([N+](=O)[O-])cc3)ccc2oc1=N. The van der Waals surface area contributed by atoms with Crippen LogP contribution in [0.15, 0.2) is 63.2 Å². The summed E-state index contributed by atoms with van der Waals surface area (Å²) >= 11 is 0. The van der Waals surface area contributed by atoms with E-state index in [-0.39, 0.29) is 16.8 Å². The van der Waals surface area contributed by atoms with E-state index in [9.17, 15) is 10.1 Å². The molecule has 0 saturated carbocycles. The Morgan fingerprint density at radius 3 is 2.42 bits per heavy atom. The van der Waals surface area contributed by atoms with Crippen molar-refractivity contribution in [2.45, 2.75) is 0 Å². The highest BCUT2D eigenvalue weighted by molar-refractivity contribution is 5.80. The van der Waals surface area contributed by atoms with Gasteiger partial charge in [0.25, 0.3) is 5.69 Å². The molecule has 0 unspecified atom stereocenters. The fraction of sp³-hybridized carbons (Fsp3) is 0. The molecule has 1 heterocycles. The summed E-state index contributed by atoms with van der Waals surface area (Å²) in [5, 5.41) is 35.8. The van der Waals surface area contributed by atoms with E-state index < -0.39 is 4.92 Å². The highest BCUT2D eigenvalue weighted by Gasteiger charge is 2.04. The summed E-state index contributed by atoms with van der Waals surface area (Å²) in [5.41, 5.74) is 1.39. The molecular formula is C16H9N5O3. The van der Waals surface area contributed by atoms with Crippen molar-refractivity contribution in [3.05, 3.63) is 69.8 Å². The van der Waals surface area contributed by atoms with E-state index in [1.807, 2.05) is 6.07 Å². The Hall–Kier alpha value is -3.86. The summed E-state index contributed by atoms with van der Waals surface area (Å²) in [6, 6.07) is 14.1. The lowest BCUT2D eigenvalue weighted by Crippen LogP contribution is -2.03. The van der Waals surface area contributed by atoms with Crippen molar-refractivity contribution in [2.24, 2.45) is 10.2 Å². The number of benzene rings is 2. The molecule has 0 aliphatic rings. The van der Waals surface area contributed by atoms with Crippen LogP contribution in [0.5, 0.6) is 0 Å². The second-order valence-corrected chi connectivity index (χ2v) is 4.80. The molecular weight excluding hydrogens is 310 g/mol. The Kier molecular flexibility index (Phi) is 3.82. The third-order valence-electron chi connectivity index (χ3n) is 3.21. The van der Waals surface area contributed by atoms with Gasteiger partial charge in [0.05, 0.1) is 16.3 Å². The number of non-ortho nitro benzene ring substituents is 1. The topological polar surface area (TPSA) is 129 Å². The Morgan fingerprint density at radius 2 is 1.75 bits per heavy atom. The van der Waals surface area contributed by atoms with Crippen molar-refractivity contribution in [3.8, 4) is 6.07 Å². The van der Waals surface area contributed by atoms with Crippen molar-refractivity contribution in [1.29, 1.82) is 10.7 Å². The molecule has 24 heavy (non-hydrogen) atoms. The van der Waals surface area contributed by atoms with Gasteiger partial charge in [0.2, 0.25) is 5.55 Å². The van der Waals surface area contributed by atoms with E-state index >= 15 is 0 Å². The van der Waals surface area contributed by atoms with Gasteiger partial charge in [-0.2, -0.15) is 15.5 Å². The zero-order valence-electron chi connectivity index (χ0n) is 12.1. The molecule has 0 radical (unpaired) electrons. The monoisotopic (exact) mass is 319 g/mol. The van der Waals surface area contributed by atoms with Crippen LogP contribution in [-0.4, -0.2) is 4.92 Å². The summed E-state index contributed by atoms with van der Waals surface area (Å²) in [5.74, 6) is 0. The number of nitriles is 1. The van der Waals surface area contributed by atoms with E-state index in [4.69, 9.17) is 15.1 Å². The number of fused-ring (bicyclic) bond motifs is 1. The maximum absolute atomic E-state index is 10.6. The maximum Gasteiger partial charge on any atom is 0.269 e. The predicted molar refractivity (Wildman–Crippen MR) is 84.1 cm³/mol. The Labute approximate surface area is 135 Å². The van der Waals surface area contributed by atoms with E-state index in [1.165, 1.54) is 24.3 Å². The predicted octanol–water partition coefficient (Wildman–Crippen LogP) is 4.11. The molecule has 0 aliphatic heterocycles. The molecule has 0 spiro atoms. The van der Waals surface area contributed by atoms with Crippen LogP contribution in [-0.2, 0) is 0 Å². The van der Waals surface area contributed by atoms with Crippen LogP contribution in [0.1, 0.15) is 5.56 Å². The Morgan fingerprint density at radius 1 is 1.08 bits per heavy atom. The van der Waals surface area contributed by atoms with Gasteiger partial charge in [0.15, 0.2) is 0 Å². The molecule has 0 fully saturated rings. The van der Waals surface area contributed by atoms with Crippen LogP contribution >= 0.6 is 0 Å². The molecule has 0 saturated heterocycles. The number of nitrogens with one attached hydrogen (secondary N) is 1. The van der Waals surface area contributed by atoms with Crippen LogP contribution in [0.4, 0.5) is 17.1 Å².